The first kappa shape index (κ1) is 15.2. The van der Waals surface area contributed by atoms with Crippen molar-refractivity contribution in [2.75, 3.05) is 11.1 Å². The van der Waals surface area contributed by atoms with E-state index in [-0.39, 0.29) is 17.4 Å². The summed E-state index contributed by atoms with van der Waals surface area (Å²) in [7, 11) is 0. The monoisotopic (exact) mass is 327 g/mol. The number of carbonyl (C=O) groups is 2. The highest BCUT2D eigenvalue weighted by Gasteiger charge is 2.09. The highest BCUT2D eigenvalue weighted by Crippen LogP contribution is 2.15. The average Bonchev–Trinajstić information content (AvgIpc) is 2.96. The van der Waals surface area contributed by atoms with Crippen LogP contribution >= 0.6 is 11.8 Å². The molecule has 0 aliphatic heterocycles. The molecule has 3 rings (SSSR count). The van der Waals surface area contributed by atoms with Crippen molar-refractivity contribution >= 4 is 34.9 Å². The largest absolute Gasteiger partial charge is 0.325 e. The lowest BCUT2D eigenvalue weighted by molar-refractivity contribution is -0.113. The van der Waals surface area contributed by atoms with Crippen LogP contribution in [0.4, 0.5) is 5.69 Å². The highest BCUT2D eigenvalue weighted by atomic mass is 32.2. The van der Waals surface area contributed by atoms with Gasteiger partial charge in [0.1, 0.15) is 0 Å². The van der Waals surface area contributed by atoms with Crippen molar-refractivity contribution in [2.24, 2.45) is 0 Å². The van der Waals surface area contributed by atoms with E-state index in [1.54, 1.807) is 47.2 Å². The number of hydrogen-bond donors (Lipinski definition) is 1. The van der Waals surface area contributed by atoms with Crippen molar-refractivity contribution in [3.8, 4) is 0 Å². The number of rotatable bonds is 5. The van der Waals surface area contributed by atoms with Crippen LogP contribution in [0, 0.1) is 0 Å². The lowest BCUT2D eigenvalue weighted by atomic mass is 10.1. The van der Waals surface area contributed by atoms with Gasteiger partial charge < -0.3 is 5.32 Å². The minimum absolute atomic E-state index is 0.00929. The van der Waals surface area contributed by atoms with Crippen molar-refractivity contribution < 1.29 is 9.59 Å². The van der Waals surface area contributed by atoms with Crippen molar-refractivity contribution in [1.29, 1.82) is 0 Å². The second-order valence-corrected chi connectivity index (χ2v) is 5.67. The number of nitrogens with one attached hydrogen (secondary N) is 1. The van der Waals surface area contributed by atoms with Gasteiger partial charge in [0.25, 0.3) is 5.78 Å². The Morgan fingerprint density at radius 1 is 1.26 bits per heavy atom. The molecule has 0 atom stereocenters. The van der Waals surface area contributed by atoms with Crippen LogP contribution < -0.4 is 5.32 Å². The number of Topliss-reactive ketones (excluding diaryl/α,β-unsaturated/α-hetero) is 1. The molecule has 0 aliphatic carbocycles. The van der Waals surface area contributed by atoms with Crippen molar-refractivity contribution in [1.82, 2.24) is 19.6 Å². The van der Waals surface area contributed by atoms with E-state index in [0.29, 0.717) is 22.2 Å². The van der Waals surface area contributed by atoms with Crippen LogP contribution in [-0.4, -0.2) is 37.0 Å². The van der Waals surface area contributed by atoms with Crippen molar-refractivity contribution in [3.63, 3.8) is 0 Å². The van der Waals surface area contributed by atoms with Crippen molar-refractivity contribution in [2.45, 2.75) is 12.1 Å². The Balaban J connectivity index is 1.57. The molecule has 0 aliphatic rings. The predicted octanol–water partition coefficient (Wildman–Crippen LogP) is 2.06. The molecule has 0 radical (unpaired) electrons. The molecule has 2 heterocycles. The first-order valence-electron chi connectivity index (χ1n) is 6.83. The van der Waals surface area contributed by atoms with Gasteiger partial charge in [0.2, 0.25) is 11.1 Å². The molecule has 8 heteroatoms. The lowest BCUT2D eigenvalue weighted by Crippen LogP contribution is -2.14. The number of fused-ring (bicyclic) bond motifs is 1. The Bertz CT molecular complexity index is 827. The average molecular weight is 327 g/mol. The summed E-state index contributed by atoms with van der Waals surface area (Å²) >= 11 is 1.23. The number of aromatic nitrogens is 4. The quantitative estimate of drug-likeness (QED) is 0.570. The van der Waals surface area contributed by atoms with E-state index in [2.05, 4.69) is 20.4 Å². The van der Waals surface area contributed by atoms with Crippen LogP contribution in [0.2, 0.25) is 0 Å². The zero-order valence-electron chi connectivity index (χ0n) is 12.3. The number of nitrogens with zero attached hydrogens (tertiary/aromatic N) is 4. The SMILES string of the molecule is CC(=O)c1ccc(NC(=O)CSc2nc3ncccn3n2)cc1. The summed E-state index contributed by atoms with van der Waals surface area (Å²) in [5.74, 6) is 0.503. The smallest absolute Gasteiger partial charge is 0.253 e. The maximum atomic E-state index is 11.9. The Kier molecular flexibility index (Phi) is 4.33. The molecule has 0 unspecified atom stereocenters. The van der Waals surface area contributed by atoms with Gasteiger partial charge in [0.05, 0.1) is 5.75 Å². The zero-order chi connectivity index (χ0) is 16.2. The summed E-state index contributed by atoms with van der Waals surface area (Å²) in [4.78, 5) is 31.4. The molecule has 0 bridgehead atoms. The highest BCUT2D eigenvalue weighted by molar-refractivity contribution is 7.99. The van der Waals surface area contributed by atoms with E-state index in [9.17, 15) is 9.59 Å². The Hall–Kier alpha value is -2.74. The number of hydrogen-bond acceptors (Lipinski definition) is 6. The van der Waals surface area contributed by atoms with E-state index in [0.717, 1.165) is 0 Å². The van der Waals surface area contributed by atoms with E-state index >= 15 is 0 Å². The summed E-state index contributed by atoms with van der Waals surface area (Å²) < 4.78 is 1.56. The van der Waals surface area contributed by atoms with Gasteiger partial charge in [0.15, 0.2) is 5.78 Å². The fourth-order valence-electron chi connectivity index (χ4n) is 1.89. The second-order valence-electron chi connectivity index (χ2n) is 4.73. The Morgan fingerprint density at radius 3 is 2.74 bits per heavy atom. The minimum atomic E-state index is -0.169. The number of thioether (sulfide) groups is 1. The van der Waals surface area contributed by atoms with Crippen LogP contribution in [0.1, 0.15) is 17.3 Å². The number of ketones is 1. The molecule has 0 saturated carbocycles. The molecule has 0 saturated heterocycles. The zero-order valence-corrected chi connectivity index (χ0v) is 13.1. The topological polar surface area (TPSA) is 89.2 Å². The van der Waals surface area contributed by atoms with E-state index in [1.807, 2.05) is 0 Å². The molecule has 0 fully saturated rings. The number of benzene rings is 1. The van der Waals surface area contributed by atoms with E-state index in [1.165, 1.54) is 18.7 Å². The van der Waals surface area contributed by atoms with Gasteiger partial charge in [-0.3, -0.25) is 9.59 Å². The van der Waals surface area contributed by atoms with Crippen molar-refractivity contribution in [3.05, 3.63) is 48.3 Å². The minimum Gasteiger partial charge on any atom is -0.325 e. The molecular weight excluding hydrogens is 314 g/mol. The predicted molar refractivity (Wildman–Crippen MR) is 86.6 cm³/mol. The third kappa shape index (κ3) is 3.72. The Labute approximate surface area is 136 Å². The van der Waals surface area contributed by atoms with Gasteiger partial charge in [0, 0.05) is 23.6 Å². The molecule has 1 amide bonds. The number of carbonyl (C=O) groups excluding carboxylic acids is 2. The van der Waals surface area contributed by atoms with Gasteiger partial charge in [-0.05, 0) is 37.3 Å². The third-order valence-corrected chi connectivity index (χ3v) is 3.84. The van der Waals surface area contributed by atoms with Crippen LogP contribution in [0.25, 0.3) is 5.78 Å². The van der Waals surface area contributed by atoms with Crippen LogP contribution in [-0.2, 0) is 4.79 Å². The first-order chi connectivity index (χ1) is 11.1. The fourth-order valence-corrected chi connectivity index (χ4v) is 2.51. The lowest BCUT2D eigenvalue weighted by Gasteiger charge is -2.04. The maximum absolute atomic E-state index is 11.9. The first-order valence-corrected chi connectivity index (χ1v) is 7.81. The molecule has 1 N–H and O–H groups in total. The number of anilines is 1. The van der Waals surface area contributed by atoms with Crippen LogP contribution in [0.5, 0.6) is 0 Å². The summed E-state index contributed by atoms with van der Waals surface area (Å²) in [6.07, 6.45) is 3.38. The summed E-state index contributed by atoms with van der Waals surface area (Å²) in [6, 6.07) is 8.52. The van der Waals surface area contributed by atoms with Crippen LogP contribution in [0.3, 0.4) is 0 Å². The van der Waals surface area contributed by atoms with Gasteiger partial charge in [-0.1, -0.05) is 11.8 Å². The fraction of sp³-hybridized carbons (Fsp3) is 0.133. The standard InChI is InChI=1S/C15H13N5O2S/c1-10(21)11-3-5-12(6-4-11)17-13(22)9-23-15-18-14-16-7-2-8-20(14)19-15/h2-8H,9H2,1H3,(H,17,22). The summed E-state index contributed by atoms with van der Waals surface area (Å²) in [5, 5.41) is 7.47. The van der Waals surface area contributed by atoms with E-state index in [4.69, 9.17) is 0 Å². The molecule has 23 heavy (non-hydrogen) atoms. The maximum Gasteiger partial charge on any atom is 0.253 e. The van der Waals surface area contributed by atoms with Gasteiger partial charge in [-0.15, -0.1) is 5.10 Å². The molecule has 1 aromatic carbocycles. The van der Waals surface area contributed by atoms with Gasteiger partial charge in [-0.2, -0.15) is 4.98 Å². The molecular formula is C15H13N5O2S. The number of amides is 1. The summed E-state index contributed by atoms with van der Waals surface area (Å²) in [5.41, 5.74) is 1.25. The molecule has 2 aromatic heterocycles. The summed E-state index contributed by atoms with van der Waals surface area (Å²) in [6.45, 7) is 1.50. The van der Waals surface area contributed by atoms with Gasteiger partial charge in [-0.25, -0.2) is 9.50 Å². The third-order valence-electron chi connectivity index (χ3n) is 3.00. The molecule has 3 aromatic rings. The molecule has 7 nitrogen and oxygen atoms in total. The van der Waals surface area contributed by atoms with E-state index < -0.39 is 0 Å². The molecule has 0 spiro atoms. The molecule has 116 valence electrons. The second kappa shape index (κ2) is 6.57. The Morgan fingerprint density at radius 2 is 2.04 bits per heavy atom. The normalized spacial score (nSPS) is 10.7. The van der Waals surface area contributed by atoms with Crippen LogP contribution in [0.15, 0.2) is 47.9 Å². The van der Waals surface area contributed by atoms with Gasteiger partial charge >= 0.3 is 0 Å².